The van der Waals surface area contributed by atoms with Gasteiger partial charge >= 0.3 is 14.7 Å². The molecule has 0 heterocycles. The van der Waals surface area contributed by atoms with Gasteiger partial charge in [0.2, 0.25) is 0 Å². The Balaban J connectivity index is 1.57. The second-order valence-electron chi connectivity index (χ2n) is 11.3. The SMILES string of the molecule is COc1cc(CCC[Si](C)(C)O[Si](C)(C)OC)ccc1OC(=O)Oc1ccc(C(C)(C)c2ccccc2)cc1. The maximum atomic E-state index is 12.5. The molecule has 0 amide bonds. The zero-order valence-corrected chi connectivity index (χ0v) is 26.5. The van der Waals surface area contributed by atoms with Crippen LogP contribution in [0.2, 0.25) is 32.2 Å². The highest BCUT2D eigenvalue weighted by Gasteiger charge is 2.33. The van der Waals surface area contributed by atoms with Crippen molar-refractivity contribution >= 4 is 23.0 Å². The molecular weight excluding hydrogens is 525 g/mol. The summed E-state index contributed by atoms with van der Waals surface area (Å²) in [4.78, 5) is 12.5. The number of methoxy groups -OCH3 is 1. The van der Waals surface area contributed by atoms with Gasteiger partial charge in [0.15, 0.2) is 19.8 Å². The summed E-state index contributed by atoms with van der Waals surface area (Å²) >= 11 is 0. The second-order valence-corrected chi connectivity index (χ2v) is 19.3. The minimum Gasteiger partial charge on any atom is -0.493 e. The zero-order chi connectivity index (χ0) is 28.7. The van der Waals surface area contributed by atoms with Crippen molar-refractivity contribution in [1.29, 1.82) is 0 Å². The van der Waals surface area contributed by atoms with Crippen LogP contribution >= 0.6 is 0 Å². The fraction of sp³-hybridized carbons (Fsp3) is 0.387. The van der Waals surface area contributed by atoms with Crippen molar-refractivity contribution in [3.05, 3.63) is 89.5 Å². The van der Waals surface area contributed by atoms with Crippen LogP contribution in [0.5, 0.6) is 17.2 Å². The first-order valence-corrected chi connectivity index (χ1v) is 19.3. The first kappa shape index (κ1) is 30.6. The molecule has 0 unspecified atom stereocenters. The van der Waals surface area contributed by atoms with Gasteiger partial charge in [-0.05, 0) is 86.0 Å². The Morgan fingerprint density at radius 2 is 1.44 bits per heavy atom. The zero-order valence-electron chi connectivity index (χ0n) is 24.5. The fourth-order valence-corrected chi connectivity index (χ4v) is 11.7. The molecule has 210 valence electrons. The Morgan fingerprint density at radius 1 is 0.795 bits per heavy atom. The minimum atomic E-state index is -2.05. The summed E-state index contributed by atoms with van der Waals surface area (Å²) < 4.78 is 28.4. The molecule has 0 aliphatic carbocycles. The maximum Gasteiger partial charge on any atom is 0.519 e. The van der Waals surface area contributed by atoms with Crippen LogP contribution in [0.3, 0.4) is 0 Å². The number of hydrogen-bond donors (Lipinski definition) is 0. The summed E-state index contributed by atoms with van der Waals surface area (Å²) in [6, 6.07) is 24.5. The van der Waals surface area contributed by atoms with Gasteiger partial charge in [0.25, 0.3) is 0 Å². The number of rotatable bonds is 12. The lowest BCUT2D eigenvalue weighted by atomic mass is 9.78. The molecule has 0 aromatic heterocycles. The van der Waals surface area contributed by atoms with Crippen molar-refractivity contribution in [3.63, 3.8) is 0 Å². The van der Waals surface area contributed by atoms with E-state index in [1.807, 2.05) is 42.5 Å². The lowest BCUT2D eigenvalue weighted by Crippen LogP contribution is -2.45. The average Bonchev–Trinajstić information content (AvgIpc) is 2.89. The fourth-order valence-electron chi connectivity index (χ4n) is 4.60. The van der Waals surface area contributed by atoms with Gasteiger partial charge in [0.1, 0.15) is 5.75 Å². The summed E-state index contributed by atoms with van der Waals surface area (Å²) in [6.07, 6.45) is 1.06. The van der Waals surface area contributed by atoms with Crippen LogP contribution in [-0.2, 0) is 20.4 Å². The van der Waals surface area contributed by atoms with E-state index in [1.54, 1.807) is 32.4 Å². The van der Waals surface area contributed by atoms with E-state index < -0.39 is 23.0 Å². The standard InChI is InChI=1S/C31H42O6Si2/c1-31(2,25-14-10-9-11-15-25)26-17-19-27(20-18-26)35-30(32)36-28-21-16-24(23-29(28)33-3)13-12-22-38(5,6)37-39(7,8)34-4/h9-11,14-21,23H,12-13,22H2,1-8H3. The number of ether oxygens (including phenoxy) is 3. The molecule has 3 rings (SSSR count). The molecule has 39 heavy (non-hydrogen) atoms. The monoisotopic (exact) mass is 566 g/mol. The van der Waals surface area contributed by atoms with Gasteiger partial charge in [0, 0.05) is 12.5 Å². The highest BCUT2D eigenvalue weighted by molar-refractivity contribution is 6.82. The summed E-state index contributed by atoms with van der Waals surface area (Å²) in [7, 11) is -0.580. The van der Waals surface area contributed by atoms with Crippen molar-refractivity contribution in [2.45, 2.75) is 64.3 Å². The third-order valence-electron chi connectivity index (χ3n) is 6.95. The predicted octanol–water partition coefficient (Wildman–Crippen LogP) is 8.10. The van der Waals surface area contributed by atoms with Crippen LogP contribution in [-0.4, -0.2) is 37.3 Å². The molecule has 0 atom stereocenters. The minimum absolute atomic E-state index is 0.178. The molecule has 0 aliphatic rings. The van der Waals surface area contributed by atoms with Crippen molar-refractivity contribution in [1.82, 2.24) is 0 Å². The first-order chi connectivity index (χ1) is 18.3. The summed E-state index contributed by atoms with van der Waals surface area (Å²) in [5, 5.41) is 0. The molecule has 3 aromatic carbocycles. The van der Waals surface area contributed by atoms with E-state index in [0.717, 1.165) is 30.0 Å². The van der Waals surface area contributed by atoms with E-state index in [-0.39, 0.29) is 5.41 Å². The molecule has 8 heteroatoms. The van der Waals surface area contributed by atoms with E-state index in [1.165, 1.54) is 5.56 Å². The van der Waals surface area contributed by atoms with Gasteiger partial charge in [-0.3, -0.25) is 0 Å². The number of hydrogen-bond acceptors (Lipinski definition) is 6. The van der Waals surface area contributed by atoms with Crippen LogP contribution in [0.25, 0.3) is 0 Å². The van der Waals surface area contributed by atoms with E-state index in [2.05, 4.69) is 52.2 Å². The van der Waals surface area contributed by atoms with Crippen LogP contribution in [0, 0.1) is 0 Å². The van der Waals surface area contributed by atoms with E-state index in [9.17, 15) is 4.79 Å². The molecule has 0 fully saturated rings. The molecule has 0 N–H and O–H groups in total. The summed E-state index contributed by atoms with van der Waals surface area (Å²) in [6.45, 7) is 13.0. The average molecular weight is 567 g/mol. The van der Waals surface area contributed by atoms with E-state index in [0.29, 0.717) is 17.2 Å². The smallest absolute Gasteiger partial charge is 0.493 e. The molecule has 0 radical (unpaired) electrons. The topological polar surface area (TPSA) is 63.2 Å². The lowest BCUT2D eigenvalue weighted by molar-refractivity contribution is 0.150. The Bertz CT molecular complexity index is 1220. The molecule has 0 aliphatic heterocycles. The van der Waals surface area contributed by atoms with Gasteiger partial charge in [-0.1, -0.05) is 62.4 Å². The molecule has 6 nitrogen and oxygen atoms in total. The molecule has 0 saturated carbocycles. The van der Waals surface area contributed by atoms with E-state index in [4.69, 9.17) is 22.8 Å². The third-order valence-corrected chi connectivity index (χ3v) is 13.7. The van der Waals surface area contributed by atoms with Gasteiger partial charge in [-0.25, -0.2) is 4.79 Å². The summed E-state index contributed by atoms with van der Waals surface area (Å²) in [5.74, 6) is 1.22. The van der Waals surface area contributed by atoms with Crippen molar-refractivity contribution < 1.29 is 27.5 Å². The molecule has 0 bridgehead atoms. The van der Waals surface area contributed by atoms with Crippen LogP contribution in [0.15, 0.2) is 72.8 Å². The second kappa shape index (κ2) is 13.0. The number of carbonyl (C=O) groups excluding carboxylic acids is 1. The van der Waals surface area contributed by atoms with Gasteiger partial charge in [0.05, 0.1) is 7.11 Å². The molecule has 3 aromatic rings. The van der Waals surface area contributed by atoms with Crippen molar-refractivity contribution in [2.24, 2.45) is 0 Å². The molecule has 0 spiro atoms. The normalized spacial score (nSPS) is 12.2. The molecular formula is C31H42O6Si2. The number of benzene rings is 3. The first-order valence-electron chi connectivity index (χ1n) is 13.3. The quantitative estimate of drug-likeness (QED) is 0.125. The third kappa shape index (κ3) is 8.79. The number of carbonyl (C=O) groups is 1. The Kier molecular flexibility index (Phi) is 10.2. The molecule has 0 saturated heterocycles. The Morgan fingerprint density at radius 3 is 2.05 bits per heavy atom. The Labute approximate surface area is 235 Å². The largest absolute Gasteiger partial charge is 0.519 e. The van der Waals surface area contributed by atoms with Gasteiger partial charge in [-0.15, -0.1) is 0 Å². The summed E-state index contributed by atoms with van der Waals surface area (Å²) in [5.41, 5.74) is 3.26. The highest BCUT2D eigenvalue weighted by Crippen LogP contribution is 2.33. The van der Waals surface area contributed by atoms with E-state index >= 15 is 0 Å². The van der Waals surface area contributed by atoms with Crippen LogP contribution in [0.4, 0.5) is 4.79 Å². The van der Waals surface area contributed by atoms with Crippen molar-refractivity contribution in [3.8, 4) is 17.2 Å². The number of aryl methyl sites for hydroxylation is 1. The Hall–Kier alpha value is -2.92. The van der Waals surface area contributed by atoms with Crippen molar-refractivity contribution in [2.75, 3.05) is 14.2 Å². The predicted molar refractivity (Wildman–Crippen MR) is 161 cm³/mol. The highest BCUT2D eigenvalue weighted by atomic mass is 28.4. The van der Waals surface area contributed by atoms with Crippen LogP contribution < -0.4 is 14.2 Å². The van der Waals surface area contributed by atoms with Gasteiger partial charge in [-0.2, -0.15) is 0 Å². The van der Waals surface area contributed by atoms with Crippen LogP contribution in [0.1, 0.15) is 37.0 Å². The van der Waals surface area contributed by atoms with Gasteiger partial charge < -0.3 is 22.8 Å². The lowest BCUT2D eigenvalue weighted by Gasteiger charge is -2.32. The maximum absolute atomic E-state index is 12.5.